The highest BCUT2D eigenvalue weighted by atomic mass is 127. The van der Waals surface area contributed by atoms with Gasteiger partial charge in [-0.1, -0.05) is 0 Å². The molecule has 0 aliphatic rings. The first-order chi connectivity index (χ1) is 7.49. The molecule has 5 nitrogen and oxygen atoms in total. The van der Waals surface area contributed by atoms with Gasteiger partial charge in [-0.25, -0.2) is 0 Å². The van der Waals surface area contributed by atoms with Gasteiger partial charge >= 0.3 is 5.97 Å². The number of guanidine groups is 1. The van der Waals surface area contributed by atoms with Gasteiger partial charge in [0.25, 0.3) is 0 Å². The molecule has 0 aromatic carbocycles. The van der Waals surface area contributed by atoms with Crippen molar-refractivity contribution in [2.24, 2.45) is 4.99 Å². The van der Waals surface area contributed by atoms with E-state index in [4.69, 9.17) is 4.74 Å². The Bertz CT molecular complexity index is 233. The molecule has 0 aliphatic carbocycles. The van der Waals surface area contributed by atoms with Crippen LogP contribution in [0.1, 0.15) is 19.8 Å². The Hall–Kier alpha value is -0.530. The standard InChI is InChI=1S/C11H23N3O2.HI/c1-6-16-10(15)8-7-9-12-11(13(2)3)14(4)5;/h6-9H2,1-5H3;1H. The Morgan fingerprint density at radius 2 is 1.71 bits per heavy atom. The lowest BCUT2D eigenvalue weighted by atomic mass is 10.3. The molecule has 0 saturated carbocycles. The van der Waals surface area contributed by atoms with Crippen LogP contribution < -0.4 is 0 Å². The normalized spacial score (nSPS) is 9.00. The maximum absolute atomic E-state index is 11.1. The fraction of sp³-hybridized carbons (Fsp3) is 0.818. The van der Waals surface area contributed by atoms with E-state index in [2.05, 4.69) is 4.99 Å². The topological polar surface area (TPSA) is 45.1 Å². The fourth-order valence-corrected chi connectivity index (χ4v) is 1.32. The summed E-state index contributed by atoms with van der Waals surface area (Å²) in [7, 11) is 7.79. The van der Waals surface area contributed by atoms with Gasteiger partial charge in [-0.15, -0.1) is 24.0 Å². The van der Waals surface area contributed by atoms with Crippen molar-refractivity contribution in [1.82, 2.24) is 9.80 Å². The van der Waals surface area contributed by atoms with Crippen LogP contribution in [0, 0.1) is 0 Å². The highest BCUT2D eigenvalue weighted by Gasteiger charge is 2.04. The third kappa shape index (κ3) is 9.20. The lowest BCUT2D eigenvalue weighted by Crippen LogP contribution is -2.35. The zero-order chi connectivity index (χ0) is 12.6. The molecule has 0 rings (SSSR count). The lowest BCUT2D eigenvalue weighted by Gasteiger charge is -2.22. The number of carbonyl (C=O) groups excluding carboxylic acids is 1. The molecule has 0 N–H and O–H groups in total. The molecule has 0 unspecified atom stereocenters. The summed E-state index contributed by atoms with van der Waals surface area (Å²) in [5.41, 5.74) is 0. The molecule has 0 amide bonds. The Kier molecular flexibility index (Phi) is 11.8. The molecule has 0 radical (unpaired) electrons. The van der Waals surface area contributed by atoms with Crippen molar-refractivity contribution >= 4 is 35.9 Å². The smallest absolute Gasteiger partial charge is 0.305 e. The van der Waals surface area contributed by atoms with Crippen LogP contribution >= 0.6 is 24.0 Å². The van der Waals surface area contributed by atoms with E-state index in [1.165, 1.54) is 0 Å². The molecule has 0 aliphatic heterocycles. The highest BCUT2D eigenvalue weighted by molar-refractivity contribution is 14.0. The van der Waals surface area contributed by atoms with Crippen LogP contribution in [-0.2, 0) is 9.53 Å². The first-order valence-electron chi connectivity index (χ1n) is 5.53. The third-order valence-electron chi connectivity index (χ3n) is 1.90. The lowest BCUT2D eigenvalue weighted by molar-refractivity contribution is -0.143. The van der Waals surface area contributed by atoms with E-state index in [0.29, 0.717) is 19.6 Å². The average molecular weight is 357 g/mol. The fourth-order valence-electron chi connectivity index (χ4n) is 1.32. The van der Waals surface area contributed by atoms with Gasteiger partial charge in [0.2, 0.25) is 0 Å². The Balaban J connectivity index is 0. The molecule has 0 fully saturated rings. The predicted molar refractivity (Wildman–Crippen MR) is 81.0 cm³/mol. The van der Waals surface area contributed by atoms with Crippen molar-refractivity contribution in [2.75, 3.05) is 41.3 Å². The number of ether oxygens (including phenoxy) is 1. The van der Waals surface area contributed by atoms with Crippen molar-refractivity contribution in [3.63, 3.8) is 0 Å². The van der Waals surface area contributed by atoms with Crippen molar-refractivity contribution < 1.29 is 9.53 Å². The highest BCUT2D eigenvalue weighted by Crippen LogP contribution is 1.96. The van der Waals surface area contributed by atoms with Crippen LogP contribution in [0.2, 0.25) is 0 Å². The van der Waals surface area contributed by atoms with E-state index in [9.17, 15) is 4.79 Å². The second-order valence-corrected chi connectivity index (χ2v) is 3.88. The molecule has 17 heavy (non-hydrogen) atoms. The molecule has 0 heterocycles. The number of carbonyl (C=O) groups is 1. The SMILES string of the molecule is CCOC(=O)CCCN=C(N(C)C)N(C)C.I. The largest absolute Gasteiger partial charge is 0.466 e. The molecule has 0 bridgehead atoms. The summed E-state index contributed by atoms with van der Waals surface area (Å²) in [4.78, 5) is 19.4. The monoisotopic (exact) mass is 357 g/mol. The maximum atomic E-state index is 11.1. The van der Waals surface area contributed by atoms with E-state index in [0.717, 1.165) is 12.4 Å². The molecular weight excluding hydrogens is 333 g/mol. The summed E-state index contributed by atoms with van der Waals surface area (Å²) in [6.45, 7) is 2.90. The van der Waals surface area contributed by atoms with E-state index in [1.807, 2.05) is 44.9 Å². The molecule has 102 valence electrons. The molecule has 0 aromatic rings. The Labute approximate surface area is 121 Å². The number of rotatable bonds is 5. The molecular formula is C11H24IN3O2. The summed E-state index contributed by atoms with van der Waals surface area (Å²) < 4.78 is 4.84. The van der Waals surface area contributed by atoms with Gasteiger partial charge in [0.1, 0.15) is 0 Å². The average Bonchev–Trinajstić information content (AvgIpc) is 2.16. The number of nitrogens with zero attached hydrogens (tertiary/aromatic N) is 3. The Morgan fingerprint density at radius 1 is 1.18 bits per heavy atom. The van der Waals surface area contributed by atoms with Crippen molar-refractivity contribution in [1.29, 1.82) is 0 Å². The minimum absolute atomic E-state index is 0. The first-order valence-corrected chi connectivity index (χ1v) is 5.53. The number of esters is 1. The maximum Gasteiger partial charge on any atom is 0.305 e. The summed E-state index contributed by atoms with van der Waals surface area (Å²) >= 11 is 0. The van der Waals surface area contributed by atoms with Crippen LogP contribution in [-0.4, -0.2) is 63.1 Å². The van der Waals surface area contributed by atoms with Crippen LogP contribution in [0.15, 0.2) is 4.99 Å². The summed E-state index contributed by atoms with van der Waals surface area (Å²) in [5, 5.41) is 0. The number of hydrogen-bond donors (Lipinski definition) is 0. The molecule has 0 aromatic heterocycles. The van der Waals surface area contributed by atoms with Gasteiger partial charge in [0.05, 0.1) is 6.61 Å². The zero-order valence-electron chi connectivity index (χ0n) is 11.4. The number of aliphatic imine (C=N–C) groups is 1. The van der Waals surface area contributed by atoms with Gasteiger partial charge < -0.3 is 14.5 Å². The second-order valence-electron chi connectivity index (χ2n) is 3.88. The molecule has 0 atom stereocenters. The molecule has 6 heteroatoms. The van der Waals surface area contributed by atoms with E-state index in [1.54, 1.807) is 0 Å². The first kappa shape index (κ1) is 18.8. The second kappa shape index (κ2) is 10.6. The quantitative estimate of drug-likeness (QED) is 0.246. The van der Waals surface area contributed by atoms with E-state index in [-0.39, 0.29) is 29.9 Å². The van der Waals surface area contributed by atoms with Gasteiger partial charge in [-0.05, 0) is 13.3 Å². The van der Waals surface area contributed by atoms with E-state index >= 15 is 0 Å². The van der Waals surface area contributed by atoms with Crippen LogP contribution in [0.25, 0.3) is 0 Å². The zero-order valence-corrected chi connectivity index (χ0v) is 13.7. The van der Waals surface area contributed by atoms with Gasteiger partial charge in [-0.3, -0.25) is 9.79 Å². The van der Waals surface area contributed by atoms with Crippen LogP contribution in [0.3, 0.4) is 0 Å². The predicted octanol–water partition coefficient (Wildman–Crippen LogP) is 1.43. The summed E-state index contributed by atoms with van der Waals surface area (Å²) in [5.74, 6) is 0.762. The van der Waals surface area contributed by atoms with Crippen LogP contribution in [0.4, 0.5) is 0 Å². The molecule has 0 spiro atoms. The van der Waals surface area contributed by atoms with Crippen molar-refractivity contribution in [3.05, 3.63) is 0 Å². The summed E-state index contributed by atoms with van der Waals surface area (Å²) in [6.07, 6.45) is 1.16. The van der Waals surface area contributed by atoms with Gasteiger partial charge in [0.15, 0.2) is 5.96 Å². The van der Waals surface area contributed by atoms with Gasteiger partial charge in [-0.2, -0.15) is 0 Å². The Morgan fingerprint density at radius 3 is 2.12 bits per heavy atom. The van der Waals surface area contributed by atoms with Crippen molar-refractivity contribution in [3.8, 4) is 0 Å². The number of hydrogen-bond acceptors (Lipinski definition) is 3. The third-order valence-corrected chi connectivity index (χ3v) is 1.90. The van der Waals surface area contributed by atoms with E-state index < -0.39 is 0 Å². The molecule has 0 saturated heterocycles. The van der Waals surface area contributed by atoms with Crippen molar-refractivity contribution in [2.45, 2.75) is 19.8 Å². The minimum atomic E-state index is -0.144. The minimum Gasteiger partial charge on any atom is -0.466 e. The summed E-state index contributed by atoms with van der Waals surface area (Å²) in [6, 6.07) is 0. The van der Waals surface area contributed by atoms with Crippen LogP contribution in [0.5, 0.6) is 0 Å². The van der Waals surface area contributed by atoms with Gasteiger partial charge in [0, 0.05) is 41.2 Å². The number of halogens is 1.